The molecule has 1 aliphatic carbocycles. The average Bonchev–Trinajstić information content (AvgIpc) is 3.03. The number of carbonyl (C=O) groups excluding carboxylic acids is 1. The van der Waals surface area contributed by atoms with Gasteiger partial charge in [0.15, 0.2) is 0 Å². The summed E-state index contributed by atoms with van der Waals surface area (Å²) in [6, 6.07) is 0.834. The van der Waals surface area contributed by atoms with Crippen LogP contribution in [0.2, 0.25) is 0 Å². The van der Waals surface area contributed by atoms with Gasteiger partial charge in [-0.15, -0.1) is 0 Å². The van der Waals surface area contributed by atoms with Crippen molar-refractivity contribution in [3.63, 3.8) is 0 Å². The van der Waals surface area contributed by atoms with Crippen molar-refractivity contribution in [3.8, 4) is 0 Å². The van der Waals surface area contributed by atoms with E-state index in [-0.39, 0.29) is 0 Å². The summed E-state index contributed by atoms with van der Waals surface area (Å²) in [6.45, 7) is 8.70. The predicted octanol–water partition coefficient (Wildman–Crippen LogP) is -0.0216. The van der Waals surface area contributed by atoms with Crippen molar-refractivity contribution in [1.29, 1.82) is 0 Å². The van der Waals surface area contributed by atoms with Crippen LogP contribution in [0.4, 0.5) is 0 Å². The van der Waals surface area contributed by atoms with Crippen LogP contribution < -0.4 is 5.32 Å². The molecule has 0 bridgehead atoms. The zero-order valence-corrected chi connectivity index (χ0v) is 12.5. The molecule has 5 nitrogen and oxygen atoms in total. The van der Waals surface area contributed by atoms with Gasteiger partial charge < -0.3 is 10.2 Å². The van der Waals surface area contributed by atoms with Gasteiger partial charge in [-0.3, -0.25) is 14.6 Å². The van der Waals surface area contributed by atoms with E-state index in [0.717, 1.165) is 58.4 Å². The maximum atomic E-state index is 12.2. The first-order chi connectivity index (χ1) is 9.83. The summed E-state index contributed by atoms with van der Waals surface area (Å²) in [6.07, 6.45) is 5.60. The number of piperazine rings is 2. The smallest absolute Gasteiger partial charge is 0.236 e. The lowest BCUT2D eigenvalue weighted by atomic mass is 10.2. The molecule has 2 saturated heterocycles. The molecule has 2 aliphatic heterocycles. The Balaban J connectivity index is 1.40. The number of hydrogen-bond acceptors (Lipinski definition) is 4. The van der Waals surface area contributed by atoms with Crippen LogP contribution in [0.1, 0.15) is 25.7 Å². The predicted molar refractivity (Wildman–Crippen MR) is 79.7 cm³/mol. The van der Waals surface area contributed by atoms with Gasteiger partial charge in [-0.1, -0.05) is 12.8 Å². The zero-order valence-electron chi connectivity index (χ0n) is 12.5. The molecule has 2 heterocycles. The number of nitrogens with zero attached hydrogens (tertiary/aromatic N) is 3. The highest BCUT2D eigenvalue weighted by Gasteiger charge is 2.27. The van der Waals surface area contributed by atoms with Crippen molar-refractivity contribution in [2.24, 2.45) is 0 Å². The van der Waals surface area contributed by atoms with Crippen molar-refractivity contribution in [3.05, 3.63) is 0 Å². The highest BCUT2D eigenvalue weighted by molar-refractivity contribution is 5.78. The van der Waals surface area contributed by atoms with Crippen molar-refractivity contribution in [1.82, 2.24) is 20.0 Å². The molecule has 3 aliphatic rings. The van der Waals surface area contributed by atoms with Crippen LogP contribution in [-0.4, -0.2) is 85.6 Å². The van der Waals surface area contributed by atoms with Crippen LogP contribution >= 0.6 is 0 Å². The largest absolute Gasteiger partial charge is 0.339 e. The molecular formula is C15H28N4O. The third-order valence-electron chi connectivity index (χ3n) is 5.08. The molecule has 3 fully saturated rings. The highest BCUT2D eigenvalue weighted by Crippen LogP contribution is 2.24. The van der Waals surface area contributed by atoms with E-state index in [0.29, 0.717) is 12.5 Å². The second-order valence-electron chi connectivity index (χ2n) is 6.38. The Labute approximate surface area is 122 Å². The minimum absolute atomic E-state index is 0.320. The lowest BCUT2D eigenvalue weighted by Gasteiger charge is -2.38. The molecular weight excluding hydrogens is 252 g/mol. The van der Waals surface area contributed by atoms with Gasteiger partial charge in [-0.25, -0.2) is 0 Å². The summed E-state index contributed by atoms with van der Waals surface area (Å²) >= 11 is 0. The van der Waals surface area contributed by atoms with Gasteiger partial charge in [-0.2, -0.15) is 0 Å². The van der Waals surface area contributed by atoms with Gasteiger partial charge >= 0.3 is 0 Å². The summed E-state index contributed by atoms with van der Waals surface area (Å²) < 4.78 is 0. The topological polar surface area (TPSA) is 38.8 Å². The van der Waals surface area contributed by atoms with Crippen molar-refractivity contribution in [2.75, 3.05) is 58.9 Å². The summed E-state index contributed by atoms with van der Waals surface area (Å²) in [7, 11) is 0. The molecule has 0 atom stereocenters. The number of rotatable bonds is 3. The van der Waals surface area contributed by atoms with Crippen molar-refractivity contribution >= 4 is 5.91 Å². The molecule has 1 N–H and O–H groups in total. The minimum Gasteiger partial charge on any atom is -0.339 e. The van der Waals surface area contributed by atoms with Gasteiger partial charge in [0.25, 0.3) is 0 Å². The molecule has 0 aromatic rings. The monoisotopic (exact) mass is 280 g/mol. The van der Waals surface area contributed by atoms with E-state index in [1.54, 1.807) is 0 Å². The van der Waals surface area contributed by atoms with E-state index in [4.69, 9.17) is 0 Å². The van der Waals surface area contributed by atoms with Crippen molar-refractivity contribution < 1.29 is 4.79 Å². The Bertz CT molecular complexity index is 316. The maximum Gasteiger partial charge on any atom is 0.236 e. The molecule has 0 spiro atoms. The molecule has 0 aromatic carbocycles. The standard InChI is InChI=1S/C15H28N4O/c20-15(19-7-5-16-6-8-19)13-17-9-11-18(12-10-17)14-3-1-2-4-14/h14,16H,1-13H2. The van der Waals surface area contributed by atoms with Gasteiger partial charge in [0.05, 0.1) is 6.54 Å². The van der Waals surface area contributed by atoms with E-state index in [9.17, 15) is 4.79 Å². The van der Waals surface area contributed by atoms with E-state index < -0.39 is 0 Å². The summed E-state index contributed by atoms with van der Waals surface area (Å²) in [5.74, 6) is 0.320. The summed E-state index contributed by atoms with van der Waals surface area (Å²) in [5, 5.41) is 3.30. The lowest BCUT2D eigenvalue weighted by molar-refractivity contribution is -0.133. The normalized spacial score (nSPS) is 27.1. The Morgan fingerprint density at radius 1 is 0.950 bits per heavy atom. The van der Waals surface area contributed by atoms with Crippen molar-refractivity contribution in [2.45, 2.75) is 31.7 Å². The first-order valence-corrected chi connectivity index (χ1v) is 8.28. The fourth-order valence-corrected chi connectivity index (χ4v) is 3.76. The fraction of sp³-hybridized carbons (Fsp3) is 0.933. The quantitative estimate of drug-likeness (QED) is 0.788. The van der Waals surface area contributed by atoms with Gasteiger partial charge in [0, 0.05) is 58.4 Å². The molecule has 0 radical (unpaired) electrons. The summed E-state index contributed by atoms with van der Waals surface area (Å²) in [5.41, 5.74) is 0. The van der Waals surface area contributed by atoms with Gasteiger partial charge in [-0.05, 0) is 12.8 Å². The van der Waals surface area contributed by atoms with Crippen LogP contribution in [0.5, 0.6) is 0 Å². The Morgan fingerprint density at radius 2 is 1.60 bits per heavy atom. The second kappa shape index (κ2) is 6.87. The molecule has 0 aromatic heterocycles. The summed E-state index contributed by atoms with van der Waals surface area (Å²) in [4.78, 5) is 19.3. The van der Waals surface area contributed by atoms with Crippen LogP contribution in [0, 0.1) is 0 Å². The zero-order chi connectivity index (χ0) is 13.8. The number of carbonyl (C=O) groups is 1. The van der Waals surface area contributed by atoms with Crippen LogP contribution in [0.15, 0.2) is 0 Å². The molecule has 5 heteroatoms. The average molecular weight is 280 g/mol. The SMILES string of the molecule is O=C(CN1CCN(C2CCCC2)CC1)N1CCNCC1. The number of hydrogen-bond donors (Lipinski definition) is 1. The third kappa shape index (κ3) is 3.51. The first kappa shape index (κ1) is 14.3. The van der Waals surface area contributed by atoms with E-state index in [1.165, 1.54) is 25.7 Å². The molecule has 20 heavy (non-hydrogen) atoms. The van der Waals surface area contributed by atoms with Gasteiger partial charge in [0.1, 0.15) is 0 Å². The molecule has 0 unspecified atom stereocenters. The van der Waals surface area contributed by atoms with Crippen LogP contribution in [0.3, 0.4) is 0 Å². The Kier molecular flexibility index (Phi) is 4.91. The minimum atomic E-state index is 0.320. The molecule has 1 amide bonds. The molecule has 1 saturated carbocycles. The van der Waals surface area contributed by atoms with Crippen LogP contribution in [-0.2, 0) is 4.79 Å². The lowest BCUT2D eigenvalue weighted by Crippen LogP contribution is -2.54. The Hall–Kier alpha value is -0.650. The van der Waals surface area contributed by atoms with Crippen LogP contribution in [0.25, 0.3) is 0 Å². The highest BCUT2D eigenvalue weighted by atomic mass is 16.2. The maximum absolute atomic E-state index is 12.2. The third-order valence-corrected chi connectivity index (χ3v) is 5.08. The number of amides is 1. The molecule has 114 valence electrons. The fourth-order valence-electron chi connectivity index (χ4n) is 3.76. The number of nitrogens with one attached hydrogen (secondary N) is 1. The van der Waals surface area contributed by atoms with E-state index in [1.807, 2.05) is 4.90 Å². The molecule has 3 rings (SSSR count). The Morgan fingerprint density at radius 3 is 2.25 bits per heavy atom. The first-order valence-electron chi connectivity index (χ1n) is 8.28. The second-order valence-corrected chi connectivity index (χ2v) is 6.38. The van der Waals surface area contributed by atoms with Gasteiger partial charge in [0.2, 0.25) is 5.91 Å². The van der Waals surface area contributed by atoms with E-state index >= 15 is 0 Å². The van der Waals surface area contributed by atoms with E-state index in [2.05, 4.69) is 15.1 Å².